The summed E-state index contributed by atoms with van der Waals surface area (Å²) < 4.78 is 0. The second kappa shape index (κ2) is 4.82. The number of benzene rings is 1. The van der Waals surface area contributed by atoms with Gasteiger partial charge in [0.2, 0.25) is 0 Å². The van der Waals surface area contributed by atoms with Gasteiger partial charge >= 0.3 is 5.97 Å². The fourth-order valence-electron chi connectivity index (χ4n) is 2.02. The lowest BCUT2D eigenvalue weighted by Crippen LogP contribution is -2.42. The summed E-state index contributed by atoms with van der Waals surface area (Å²) in [5, 5.41) is 9.60. The Morgan fingerprint density at radius 1 is 1.44 bits per heavy atom. The number of carboxylic acid groups (broad SMARTS) is 1. The van der Waals surface area contributed by atoms with Crippen molar-refractivity contribution >= 4 is 23.5 Å². The minimum atomic E-state index is -1.02. The fraction of sp³-hybridized carbons (Fsp3) is 0.231. The third-order valence-corrected chi connectivity index (χ3v) is 3.15. The minimum absolute atomic E-state index is 0.314. The van der Waals surface area contributed by atoms with E-state index in [-0.39, 0.29) is 5.91 Å². The van der Waals surface area contributed by atoms with Crippen molar-refractivity contribution in [2.45, 2.75) is 13.0 Å². The summed E-state index contributed by atoms with van der Waals surface area (Å²) in [5.74, 6) is -1.34. The van der Waals surface area contributed by atoms with Crippen LogP contribution in [0, 0.1) is 0 Å². The maximum absolute atomic E-state index is 12.2. The molecule has 1 unspecified atom stereocenters. The summed E-state index contributed by atoms with van der Waals surface area (Å²) in [6.07, 6.45) is 1.75. The van der Waals surface area contributed by atoms with E-state index in [2.05, 4.69) is 0 Å². The molecule has 1 aromatic rings. The zero-order chi connectivity index (χ0) is 13.3. The smallest absolute Gasteiger partial charge is 0.330 e. The van der Waals surface area contributed by atoms with Crippen LogP contribution >= 0.6 is 11.6 Å². The maximum atomic E-state index is 12.2. The van der Waals surface area contributed by atoms with E-state index >= 15 is 0 Å². The molecule has 18 heavy (non-hydrogen) atoms. The lowest BCUT2D eigenvalue weighted by Gasteiger charge is -2.23. The van der Waals surface area contributed by atoms with Crippen LogP contribution in [0.25, 0.3) is 0 Å². The van der Waals surface area contributed by atoms with Gasteiger partial charge in [-0.05, 0) is 30.7 Å². The van der Waals surface area contributed by atoms with Gasteiger partial charge in [-0.1, -0.05) is 23.7 Å². The van der Waals surface area contributed by atoms with Gasteiger partial charge in [0.15, 0.2) is 6.04 Å². The quantitative estimate of drug-likeness (QED) is 0.834. The Balaban J connectivity index is 2.28. The van der Waals surface area contributed by atoms with Crippen molar-refractivity contribution in [1.29, 1.82) is 0 Å². The van der Waals surface area contributed by atoms with Gasteiger partial charge in [-0.2, -0.15) is 0 Å². The molecule has 0 spiro atoms. The number of carbonyl (C=O) groups excluding carboxylic acids is 1. The van der Waals surface area contributed by atoms with E-state index in [9.17, 15) is 9.59 Å². The molecule has 0 aromatic heterocycles. The number of hydrogen-bond acceptors (Lipinski definition) is 2. The number of rotatable bonds is 2. The van der Waals surface area contributed by atoms with Crippen LogP contribution in [0.1, 0.15) is 17.3 Å². The van der Waals surface area contributed by atoms with Gasteiger partial charge in [0.1, 0.15) is 0 Å². The predicted molar refractivity (Wildman–Crippen MR) is 67.7 cm³/mol. The van der Waals surface area contributed by atoms with E-state index in [1.165, 1.54) is 11.0 Å². The Kier molecular flexibility index (Phi) is 3.39. The fourth-order valence-corrected chi connectivity index (χ4v) is 2.21. The SMILES string of the molecule is CC1=CCN(C(=O)c2cccc(Cl)c2)C1C(=O)O. The molecule has 0 saturated heterocycles. The summed E-state index contributed by atoms with van der Waals surface area (Å²) in [5.41, 5.74) is 1.08. The van der Waals surface area contributed by atoms with Gasteiger partial charge in [-0.3, -0.25) is 4.79 Å². The molecular formula is C13H12ClNO3. The third kappa shape index (κ3) is 2.24. The molecule has 1 N–H and O–H groups in total. The topological polar surface area (TPSA) is 57.6 Å². The van der Waals surface area contributed by atoms with Crippen molar-refractivity contribution in [2.24, 2.45) is 0 Å². The second-order valence-corrected chi connectivity index (χ2v) is 4.59. The van der Waals surface area contributed by atoms with E-state index in [4.69, 9.17) is 16.7 Å². The van der Waals surface area contributed by atoms with E-state index in [1.54, 1.807) is 31.2 Å². The highest BCUT2D eigenvalue weighted by Crippen LogP contribution is 2.22. The monoisotopic (exact) mass is 265 g/mol. The van der Waals surface area contributed by atoms with Crippen molar-refractivity contribution in [2.75, 3.05) is 6.54 Å². The van der Waals surface area contributed by atoms with Crippen molar-refractivity contribution in [3.63, 3.8) is 0 Å². The maximum Gasteiger partial charge on any atom is 0.330 e. The van der Waals surface area contributed by atoms with Gasteiger partial charge in [-0.15, -0.1) is 0 Å². The van der Waals surface area contributed by atoms with Crippen molar-refractivity contribution in [3.05, 3.63) is 46.5 Å². The molecule has 5 heteroatoms. The lowest BCUT2D eigenvalue weighted by atomic mass is 10.1. The summed E-state index contributed by atoms with van der Waals surface area (Å²) >= 11 is 5.82. The largest absolute Gasteiger partial charge is 0.479 e. The van der Waals surface area contributed by atoms with Crippen LogP contribution in [0.3, 0.4) is 0 Å². The van der Waals surface area contributed by atoms with Crippen LogP contribution < -0.4 is 0 Å². The molecule has 1 amide bonds. The average molecular weight is 266 g/mol. The molecule has 4 nitrogen and oxygen atoms in total. The van der Waals surface area contributed by atoms with Crippen LogP contribution in [0.2, 0.25) is 5.02 Å². The molecule has 1 heterocycles. The van der Waals surface area contributed by atoms with Crippen LogP contribution in [0.5, 0.6) is 0 Å². The zero-order valence-electron chi connectivity index (χ0n) is 9.76. The van der Waals surface area contributed by atoms with Crippen LogP contribution in [0.4, 0.5) is 0 Å². The highest BCUT2D eigenvalue weighted by molar-refractivity contribution is 6.31. The average Bonchev–Trinajstić information content (AvgIpc) is 2.70. The second-order valence-electron chi connectivity index (χ2n) is 4.16. The summed E-state index contributed by atoms with van der Waals surface area (Å²) in [6, 6.07) is 5.62. The first-order valence-electron chi connectivity index (χ1n) is 5.46. The number of aliphatic carboxylic acids is 1. The number of nitrogens with zero attached hydrogens (tertiary/aromatic N) is 1. The Hall–Kier alpha value is -1.81. The molecular weight excluding hydrogens is 254 g/mol. The summed E-state index contributed by atoms with van der Waals surface area (Å²) in [4.78, 5) is 24.7. The highest BCUT2D eigenvalue weighted by Gasteiger charge is 2.34. The molecule has 1 aliphatic rings. The summed E-state index contributed by atoms with van der Waals surface area (Å²) in [7, 11) is 0. The third-order valence-electron chi connectivity index (χ3n) is 2.92. The molecule has 94 valence electrons. The van der Waals surface area contributed by atoms with Gasteiger partial charge in [0, 0.05) is 17.1 Å². The van der Waals surface area contributed by atoms with E-state index in [0.29, 0.717) is 22.7 Å². The molecule has 0 aliphatic carbocycles. The standard InChI is InChI=1S/C13H12ClNO3/c1-8-5-6-15(11(8)13(17)18)12(16)9-3-2-4-10(14)7-9/h2-5,7,11H,6H2,1H3,(H,17,18). The molecule has 1 atom stereocenters. The number of hydrogen-bond donors (Lipinski definition) is 1. The summed E-state index contributed by atoms with van der Waals surface area (Å²) in [6.45, 7) is 2.03. The highest BCUT2D eigenvalue weighted by atomic mass is 35.5. The molecule has 1 aromatic carbocycles. The molecule has 1 aliphatic heterocycles. The number of halogens is 1. The Bertz CT molecular complexity index is 539. The first-order valence-corrected chi connectivity index (χ1v) is 5.84. The number of amides is 1. The van der Waals surface area contributed by atoms with Crippen molar-refractivity contribution in [3.8, 4) is 0 Å². The Labute approximate surface area is 109 Å². The molecule has 0 saturated carbocycles. The van der Waals surface area contributed by atoms with Gasteiger partial charge in [0.25, 0.3) is 5.91 Å². The Morgan fingerprint density at radius 3 is 2.78 bits per heavy atom. The molecule has 0 radical (unpaired) electrons. The van der Waals surface area contributed by atoms with Crippen LogP contribution in [0.15, 0.2) is 35.9 Å². The molecule has 0 bridgehead atoms. The molecule has 2 rings (SSSR count). The zero-order valence-corrected chi connectivity index (χ0v) is 10.5. The normalized spacial score (nSPS) is 18.7. The van der Waals surface area contributed by atoms with Gasteiger partial charge in [0.05, 0.1) is 0 Å². The first kappa shape index (κ1) is 12.6. The van der Waals surface area contributed by atoms with E-state index in [1.807, 2.05) is 0 Å². The van der Waals surface area contributed by atoms with Crippen molar-refractivity contribution in [1.82, 2.24) is 4.90 Å². The Morgan fingerprint density at radius 2 is 2.17 bits per heavy atom. The predicted octanol–water partition coefficient (Wildman–Crippen LogP) is 2.20. The van der Waals surface area contributed by atoms with E-state index < -0.39 is 12.0 Å². The lowest BCUT2D eigenvalue weighted by molar-refractivity contribution is -0.140. The number of carbonyl (C=O) groups is 2. The minimum Gasteiger partial charge on any atom is -0.479 e. The van der Waals surface area contributed by atoms with E-state index in [0.717, 1.165) is 0 Å². The van der Waals surface area contributed by atoms with Crippen LogP contribution in [-0.2, 0) is 4.79 Å². The van der Waals surface area contributed by atoms with Crippen LogP contribution in [-0.4, -0.2) is 34.5 Å². The first-order chi connectivity index (χ1) is 8.50. The van der Waals surface area contributed by atoms with Gasteiger partial charge < -0.3 is 10.0 Å². The number of carboxylic acids is 1. The van der Waals surface area contributed by atoms with Gasteiger partial charge in [-0.25, -0.2) is 4.79 Å². The molecule has 0 fully saturated rings. The van der Waals surface area contributed by atoms with Crippen molar-refractivity contribution < 1.29 is 14.7 Å².